The summed E-state index contributed by atoms with van der Waals surface area (Å²) in [6, 6.07) is 8.52. The molecule has 30 heavy (non-hydrogen) atoms. The van der Waals surface area contributed by atoms with Crippen LogP contribution in [0.2, 0.25) is 0 Å². The number of nitrogens with one attached hydrogen (secondary N) is 1. The molecule has 3 N–H and O–H groups in total. The van der Waals surface area contributed by atoms with Gasteiger partial charge in [-0.15, -0.1) is 11.3 Å². The molecule has 3 aromatic heterocycles. The molecule has 0 bridgehead atoms. The number of fused-ring (bicyclic) bond motifs is 2. The SMILES string of the molecule is COc1cc(C)cc2cc(-c3cc(CC[C@@H]4CCNC4=O)n4ncnc(N)c34)sc12. The maximum Gasteiger partial charge on any atom is 0.223 e. The van der Waals surface area contributed by atoms with E-state index in [0.29, 0.717) is 5.82 Å². The Balaban J connectivity index is 1.61. The lowest BCUT2D eigenvalue weighted by atomic mass is 10.0. The Morgan fingerprint density at radius 1 is 1.33 bits per heavy atom. The maximum absolute atomic E-state index is 12.0. The van der Waals surface area contributed by atoms with Crippen LogP contribution in [-0.2, 0) is 11.2 Å². The summed E-state index contributed by atoms with van der Waals surface area (Å²) in [5.41, 5.74) is 10.3. The highest BCUT2D eigenvalue weighted by Gasteiger charge is 2.25. The molecule has 1 aliphatic heterocycles. The number of nitrogen functional groups attached to an aromatic ring is 1. The van der Waals surface area contributed by atoms with Gasteiger partial charge in [-0.2, -0.15) is 5.10 Å². The van der Waals surface area contributed by atoms with E-state index in [2.05, 4.69) is 46.6 Å². The van der Waals surface area contributed by atoms with E-state index in [-0.39, 0.29) is 11.8 Å². The number of methoxy groups -OCH3 is 1. The quantitative estimate of drug-likeness (QED) is 0.514. The Hall–Kier alpha value is -3.13. The smallest absolute Gasteiger partial charge is 0.223 e. The summed E-state index contributed by atoms with van der Waals surface area (Å²) < 4.78 is 8.58. The number of thiophene rings is 1. The molecular formula is C22H23N5O2S. The minimum atomic E-state index is 0.0646. The number of hydrogen-bond acceptors (Lipinski definition) is 6. The number of anilines is 1. The normalized spacial score (nSPS) is 16.5. The van der Waals surface area contributed by atoms with Crippen molar-refractivity contribution in [2.45, 2.75) is 26.2 Å². The molecule has 1 saturated heterocycles. The molecule has 1 atom stereocenters. The lowest BCUT2D eigenvalue weighted by Gasteiger charge is -2.06. The largest absolute Gasteiger partial charge is 0.495 e. The van der Waals surface area contributed by atoms with Gasteiger partial charge in [0.25, 0.3) is 0 Å². The van der Waals surface area contributed by atoms with Crippen LogP contribution in [0.4, 0.5) is 5.82 Å². The number of amides is 1. The van der Waals surface area contributed by atoms with Gasteiger partial charge in [0.2, 0.25) is 5.91 Å². The van der Waals surface area contributed by atoms with Crippen molar-refractivity contribution in [2.75, 3.05) is 19.4 Å². The summed E-state index contributed by atoms with van der Waals surface area (Å²) in [5.74, 6) is 1.54. The molecule has 0 saturated carbocycles. The summed E-state index contributed by atoms with van der Waals surface area (Å²) >= 11 is 1.68. The molecule has 0 unspecified atom stereocenters. The molecule has 0 radical (unpaired) electrons. The van der Waals surface area contributed by atoms with Crippen molar-refractivity contribution < 1.29 is 9.53 Å². The molecular weight excluding hydrogens is 398 g/mol. The van der Waals surface area contributed by atoms with Gasteiger partial charge >= 0.3 is 0 Å². The molecule has 4 heterocycles. The van der Waals surface area contributed by atoms with Crippen molar-refractivity contribution in [1.82, 2.24) is 19.9 Å². The molecule has 4 aromatic rings. The first-order valence-electron chi connectivity index (χ1n) is 10.0. The fourth-order valence-electron chi connectivity index (χ4n) is 4.29. The van der Waals surface area contributed by atoms with Gasteiger partial charge in [0.05, 0.1) is 11.8 Å². The van der Waals surface area contributed by atoms with Crippen LogP contribution in [0.25, 0.3) is 26.0 Å². The van der Waals surface area contributed by atoms with Crippen LogP contribution in [0, 0.1) is 12.8 Å². The van der Waals surface area contributed by atoms with Crippen LogP contribution in [0.3, 0.4) is 0 Å². The molecule has 0 spiro atoms. The van der Waals surface area contributed by atoms with E-state index in [1.165, 1.54) is 6.33 Å². The standard InChI is InChI=1S/C22H23N5O2S/c1-12-7-14-9-18(30-20(14)17(8-12)29-2)16-10-15(4-3-13-5-6-24-22(13)28)27-19(16)21(23)25-11-26-27/h7-11,13H,3-6H2,1-2H3,(H,24,28)(H2,23,25,26)/t13-/m1/s1. The number of ether oxygens (including phenoxy) is 1. The van der Waals surface area contributed by atoms with Crippen LogP contribution in [0.1, 0.15) is 24.1 Å². The number of carbonyl (C=O) groups excluding carboxylic acids is 1. The van der Waals surface area contributed by atoms with Crippen molar-refractivity contribution in [3.05, 3.63) is 41.9 Å². The van der Waals surface area contributed by atoms with E-state index >= 15 is 0 Å². The summed E-state index contributed by atoms with van der Waals surface area (Å²) in [4.78, 5) is 17.3. The van der Waals surface area contributed by atoms with Crippen LogP contribution in [0.5, 0.6) is 5.75 Å². The molecule has 1 fully saturated rings. The summed E-state index contributed by atoms with van der Waals surface area (Å²) in [5, 5.41) is 8.52. The number of aromatic nitrogens is 3. The van der Waals surface area contributed by atoms with E-state index in [1.807, 2.05) is 4.52 Å². The topological polar surface area (TPSA) is 94.5 Å². The monoisotopic (exact) mass is 421 g/mol. The molecule has 8 heteroatoms. The van der Waals surface area contributed by atoms with Gasteiger partial charge in [-0.05, 0) is 55.3 Å². The number of nitrogens with zero attached hydrogens (tertiary/aromatic N) is 3. The Morgan fingerprint density at radius 2 is 2.20 bits per heavy atom. The van der Waals surface area contributed by atoms with Crippen molar-refractivity contribution in [1.29, 1.82) is 0 Å². The first-order valence-corrected chi connectivity index (χ1v) is 10.8. The predicted molar refractivity (Wildman–Crippen MR) is 119 cm³/mol. The van der Waals surface area contributed by atoms with Crippen LogP contribution in [0.15, 0.2) is 30.6 Å². The highest BCUT2D eigenvalue weighted by Crippen LogP contribution is 2.42. The van der Waals surface area contributed by atoms with Crippen molar-refractivity contribution in [3.63, 3.8) is 0 Å². The highest BCUT2D eigenvalue weighted by atomic mass is 32.1. The average molecular weight is 422 g/mol. The molecule has 1 aromatic carbocycles. The molecule has 1 aliphatic rings. The number of benzene rings is 1. The van der Waals surface area contributed by atoms with E-state index in [4.69, 9.17) is 10.5 Å². The molecule has 5 rings (SSSR count). The van der Waals surface area contributed by atoms with Gasteiger partial charge in [-0.25, -0.2) is 9.50 Å². The average Bonchev–Trinajstić information content (AvgIpc) is 3.42. The number of aryl methyl sites for hydroxylation is 2. The van der Waals surface area contributed by atoms with E-state index in [0.717, 1.165) is 68.9 Å². The lowest BCUT2D eigenvalue weighted by molar-refractivity contribution is -0.122. The number of carbonyl (C=O) groups is 1. The molecule has 0 aliphatic carbocycles. The van der Waals surface area contributed by atoms with Gasteiger partial charge in [-0.1, -0.05) is 6.07 Å². The lowest BCUT2D eigenvalue weighted by Crippen LogP contribution is -2.19. The van der Waals surface area contributed by atoms with E-state index in [9.17, 15) is 4.79 Å². The van der Waals surface area contributed by atoms with Gasteiger partial charge in [0.15, 0.2) is 5.82 Å². The fraction of sp³-hybridized carbons (Fsp3) is 0.318. The zero-order valence-corrected chi connectivity index (χ0v) is 17.8. The van der Waals surface area contributed by atoms with Crippen LogP contribution < -0.4 is 15.8 Å². The minimum absolute atomic E-state index is 0.0646. The van der Waals surface area contributed by atoms with Crippen molar-refractivity contribution in [2.24, 2.45) is 5.92 Å². The van der Waals surface area contributed by atoms with Crippen LogP contribution >= 0.6 is 11.3 Å². The molecule has 154 valence electrons. The second-order valence-corrected chi connectivity index (χ2v) is 8.82. The summed E-state index contributed by atoms with van der Waals surface area (Å²) in [6.45, 7) is 2.83. The Labute approximate surface area is 177 Å². The molecule has 1 amide bonds. The third-order valence-corrected chi connectivity index (χ3v) is 6.98. The first-order chi connectivity index (χ1) is 14.5. The van der Waals surface area contributed by atoms with Crippen molar-refractivity contribution >= 4 is 38.7 Å². The van der Waals surface area contributed by atoms with Gasteiger partial charge in [0.1, 0.15) is 17.6 Å². The van der Waals surface area contributed by atoms with E-state index in [1.54, 1.807) is 18.4 Å². The highest BCUT2D eigenvalue weighted by molar-refractivity contribution is 7.22. The first kappa shape index (κ1) is 18.9. The second-order valence-electron chi connectivity index (χ2n) is 7.77. The van der Waals surface area contributed by atoms with Crippen LogP contribution in [-0.4, -0.2) is 34.2 Å². The van der Waals surface area contributed by atoms with Crippen molar-refractivity contribution in [3.8, 4) is 16.2 Å². The number of hydrogen-bond donors (Lipinski definition) is 2. The predicted octanol–water partition coefficient (Wildman–Crippen LogP) is 3.58. The van der Waals surface area contributed by atoms with E-state index < -0.39 is 0 Å². The third-order valence-electron chi connectivity index (χ3n) is 5.78. The Kier molecular flexibility index (Phi) is 4.58. The minimum Gasteiger partial charge on any atom is -0.495 e. The molecule has 7 nitrogen and oxygen atoms in total. The zero-order valence-electron chi connectivity index (χ0n) is 16.9. The van der Waals surface area contributed by atoms with Gasteiger partial charge in [-0.3, -0.25) is 4.79 Å². The summed E-state index contributed by atoms with van der Waals surface area (Å²) in [7, 11) is 1.70. The number of nitrogens with two attached hydrogens (primary N) is 1. The Bertz CT molecular complexity index is 1280. The third kappa shape index (κ3) is 3.08. The zero-order chi connectivity index (χ0) is 20.8. The Morgan fingerprint density at radius 3 is 2.97 bits per heavy atom. The second kappa shape index (κ2) is 7.28. The van der Waals surface area contributed by atoms with Gasteiger partial charge in [0, 0.05) is 28.6 Å². The summed E-state index contributed by atoms with van der Waals surface area (Å²) in [6.07, 6.45) is 3.92. The van der Waals surface area contributed by atoms with Gasteiger partial charge < -0.3 is 15.8 Å². The fourth-order valence-corrected chi connectivity index (χ4v) is 5.44. The number of rotatable bonds is 5. The maximum atomic E-state index is 12.0.